The van der Waals surface area contributed by atoms with E-state index in [0.29, 0.717) is 17.2 Å². The Kier molecular flexibility index (Phi) is 6.11. The molecule has 0 aliphatic carbocycles. The zero-order chi connectivity index (χ0) is 21.3. The molecule has 1 aliphatic heterocycles. The van der Waals surface area contributed by atoms with Crippen LogP contribution in [0.4, 0.5) is 0 Å². The van der Waals surface area contributed by atoms with Crippen molar-refractivity contribution in [2.24, 2.45) is 0 Å². The molecular formula is C22H25N3O3S2. The van der Waals surface area contributed by atoms with Crippen molar-refractivity contribution in [1.29, 1.82) is 0 Å². The van der Waals surface area contributed by atoms with E-state index in [-0.39, 0.29) is 11.5 Å². The average molecular weight is 444 g/mol. The number of thioether (sulfide) groups is 1. The van der Waals surface area contributed by atoms with Gasteiger partial charge in [0, 0.05) is 16.8 Å². The predicted molar refractivity (Wildman–Crippen MR) is 121 cm³/mol. The second-order valence-electron chi connectivity index (χ2n) is 7.71. The number of rotatable bonds is 6. The van der Waals surface area contributed by atoms with Crippen molar-refractivity contribution >= 4 is 39.8 Å². The SMILES string of the molecule is COc1ccc2nc(C)nc(SCC(=O)c3ccc(C4(O)CCCN(C)C4)s3)c2c1. The maximum absolute atomic E-state index is 12.9. The minimum Gasteiger partial charge on any atom is -0.497 e. The van der Waals surface area contributed by atoms with Gasteiger partial charge in [0.1, 0.15) is 22.2 Å². The minimum absolute atomic E-state index is 0.0383. The molecule has 3 heterocycles. The molecule has 3 aromatic rings. The number of likely N-dealkylation sites (tertiary alicyclic amines) is 1. The van der Waals surface area contributed by atoms with E-state index >= 15 is 0 Å². The molecule has 2 aromatic heterocycles. The summed E-state index contributed by atoms with van der Waals surface area (Å²) in [5.41, 5.74) is -0.0276. The molecule has 1 fully saturated rings. The van der Waals surface area contributed by atoms with Crippen LogP contribution in [0.3, 0.4) is 0 Å². The first-order valence-corrected chi connectivity index (χ1v) is 11.7. The molecule has 0 amide bonds. The number of aryl methyl sites for hydroxylation is 1. The van der Waals surface area contributed by atoms with E-state index in [2.05, 4.69) is 14.9 Å². The fourth-order valence-corrected chi connectivity index (χ4v) is 5.90. The van der Waals surface area contributed by atoms with Gasteiger partial charge in [0.15, 0.2) is 5.78 Å². The summed E-state index contributed by atoms with van der Waals surface area (Å²) in [5.74, 6) is 1.72. The van der Waals surface area contributed by atoms with Crippen molar-refractivity contribution in [1.82, 2.24) is 14.9 Å². The van der Waals surface area contributed by atoms with Crippen LogP contribution in [-0.2, 0) is 5.60 Å². The van der Waals surface area contributed by atoms with E-state index in [1.807, 2.05) is 44.3 Å². The van der Waals surface area contributed by atoms with Crippen LogP contribution in [-0.4, -0.2) is 58.8 Å². The Morgan fingerprint density at radius 2 is 2.17 bits per heavy atom. The number of β-amino-alcohol motifs (C(OH)–C–C–N with tert-alkyl or cyclic N) is 1. The van der Waals surface area contributed by atoms with Crippen LogP contribution < -0.4 is 4.74 Å². The third-order valence-electron chi connectivity index (χ3n) is 5.32. The highest BCUT2D eigenvalue weighted by Crippen LogP contribution is 2.36. The topological polar surface area (TPSA) is 75.5 Å². The third kappa shape index (κ3) is 4.37. The van der Waals surface area contributed by atoms with Gasteiger partial charge in [0.2, 0.25) is 0 Å². The number of fused-ring (bicyclic) bond motifs is 1. The van der Waals surface area contributed by atoms with E-state index in [1.165, 1.54) is 23.1 Å². The maximum atomic E-state index is 12.9. The number of Topliss-reactive ketones (excluding diaryl/α,β-unsaturated/α-hetero) is 1. The van der Waals surface area contributed by atoms with Crippen LogP contribution in [0, 0.1) is 6.92 Å². The van der Waals surface area contributed by atoms with Gasteiger partial charge in [-0.25, -0.2) is 9.97 Å². The summed E-state index contributed by atoms with van der Waals surface area (Å²) in [4.78, 5) is 25.5. The Labute approximate surface area is 184 Å². The number of aliphatic hydroxyl groups is 1. The summed E-state index contributed by atoms with van der Waals surface area (Å²) in [7, 11) is 3.64. The number of thiophene rings is 1. The highest BCUT2D eigenvalue weighted by Gasteiger charge is 2.35. The van der Waals surface area contributed by atoms with Crippen molar-refractivity contribution in [3.8, 4) is 5.75 Å². The number of nitrogens with zero attached hydrogens (tertiary/aromatic N) is 3. The molecule has 1 saturated heterocycles. The number of likely N-dealkylation sites (N-methyl/N-ethyl adjacent to an activating group) is 1. The van der Waals surface area contributed by atoms with E-state index in [0.717, 1.165) is 45.9 Å². The molecule has 0 radical (unpaired) electrons. The zero-order valence-electron chi connectivity index (χ0n) is 17.3. The molecule has 1 unspecified atom stereocenters. The van der Waals surface area contributed by atoms with Crippen LogP contribution in [0.1, 0.15) is 33.2 Å². The molecule has 8 heteroatoms. The van der Waals surface area contributed by atoms with Gasteiger partial charge >= 0.3 is 0 Å². The van der Waals surface area contributed by atoms with Gasteiger partial charge < -0.3 is 14.7 Å². The molecule has 0 bridgehead atoms. The number of hydrogen-bond donors (Lipinski definition) is 1. The second kappa shape index (κ2) is 8.63. The number of carbonyl (C=O) groups excluding carboxylic acids is 1. The number of ether oxygens (including phenoxy) is 1. The molecule has 1 aromatic carbocycles. The zero-order valence-corrected chi connectivity index (χ0v) is 19.0. The monoisotopic (exact) mass is 443 g/mol. The Hall–Kier alpha value is -2.00. The highest BCUT2D eigenvalue weighted by molar-refractivity contribution is 8.00. The summed E-state index contributed by atoms with van der Waals surface area (Å²) < 4.78 is 5.32. The lowest BCUT2D eigenvalue weighted by atomic mass is 9.92. The lowest BCUT2D eigenvalue weighted by Crippen LogP contribution is -2.43. The molecule has 1 N–H and O–H groups in total. The first-order chi connectivity index (χ1) is 14.4. The molecular weight excluding hydrogens is 418 g/mol. The summed E-state index contributed by atoms with van der Waals surface area (Å²) in [6.07, 6.45) is 1.68. The van der Waals surface area contributed by atoms with Crippen molar-refractivity contribution in [2.45, 2.75) is 30.4 Å². The largest absolute Gasteiger partial charge is 0.497 e. The number of ketones is 1. The minimum atomic E-state index is -0.861. The molecule has 1 atom stereocenters. The summed E-state index contributed by atoms with van der Waals surface area (Å²) in [5, 5.41) is 12.7. The molecule has 4 rings (SSSR count). The van der Waals surface area contributed by atoms with Crippen LogP contribution in [0.2, 0.25) is 0 Å². The van der Waals surface area contributed by atoms with Gasteiger partial charge in [-0.05, 0) is 63.7 Å². The van der Waals surface area contributed by atoms with Gasteiger partial charge in [-0.15, -0.1) is 11.3 Å². The summed E-state index contributed by atoms with van der Waals surface area (Å²) in [6, 6.07) is 9.41. The Morgan fingerprint density at radius 3 is 2.93 bits per heavy atom. The first kappa shape index (κ1) is 21.2. The van der Waals surface area contributed by atoms with Crippen molar-refractivity contribution in [2.75, 3.05) is 33.0 Å². The third-order valence-corrected chi connectivity index (χ3v) is 7.63. The molecule has 6 nitrogen and oxygen atoms in total. The van der Waals surface area contributed by atoms with Gasteiger partial charge in [0.05, 0.1) is 23.3 Å². The second-order valence-corrected chi connectivity index (χ2v) is 9.76. The number of piperidine rings is 1. The fourth-order valence-electron chi connectivity index (χ4n) is 3.82. The van der Waals surface area contributed by atoms with E-state index in [1.54, 1.807) is 7.11 Å². The molecule has 0 spiro atoms. The van der Waals surface area contributed by atoms with Gasteiger partial charge in [-0.1, -0.05) is 11.8 Å². The first-order valence-electron chi connectivity index (χ1n) is 9.87. The normalized spacial score (nSPS) is 19.9. The van der Waals surface area contributed by atoms with Gasteiger partial charge in [-0.2, -0.15) is 0 Å². The number of methoxy groups -OCH3 is 1. The number of benzene rings is 1. The fraction of sp³-hybridized carbons (Fsp3) is 0.409. The Bertz CT molecular complexity index is 1080. The van der Waals surface area contributed by atoms with E-state index in [9.17, 15) is 9.90 Å². The number of aromatic nitrogens is 2. The summed E-state index contributed by atoms with van der Waals surface area (Å²) >= 11 is 2.81. The van der Waals surface area contributed by atoms with Crippen LogP contribution in [0.25, 0.3) is 10.9 Å². The van der Waals surface area contributed by atoms with Crippen LogP contribution in [0.15, 0.2) is 35.4 Å². The lowest BCUT2D eigenvalue weighted by Gasteiger charge is -2.36. The number of carbonyl (C=O) groups is 1. The average Bonchev–Trinajstić information content (AvgIpc) is 3.22. The Balaban J connectivity index is 1.51. The molecule has 158 valence electrons. The van der Waals surface area contributed by atoms with E-state index < -0.39 is 5.60 Å². The van der Waals surface area contributed by atoms with Gasteiger partial charge in [-0.3, -0.25) is 4.79 Å². The van der Waals surface area contributed by atoms with Crippen molar-refractivity contribution in [3.05, 3.63) is 45.9 Å². The van der Waals surface area contributed by atoms with Crippen LogP contribution in [0.5, 0.6) is 5.75 Å². The highest BCUT2D eigenvalue weighted by atomic mass is 32.2. The standard InChI is InChI=1S/C22H25N3O3S2/c1-14-23-17-6-5-15(28-3)11-16(17)21(24-14)29-12-18(26)19-7-8-20(30-19)22(27)9-4-10-25(2)13-22/h5-8,11,27H,4,9-10,12-13H2,1-3H3. The molecule has 1 aliphatic rings. The van der Waals surface area contributed by atoms with E-state index in [4.69, 9.17) is 4.74 Å². The molecule has 0 saturated carbocycles. The molecule has 30 heavy (non-hydrogen) atoms. The quantitative estimate of drug-likeness (QED) is 0.352. The summed E-state index contributed by atoms with van der Waals surface area (Å²) in [6.45, 7) is 3.44. The number of hydrogen-bond acceptors (Lipinski definition) is 8. The van der Waals surface area contributed by atoms with Crippen molar-refractivity contribution in [3.63, 3.8) is 0 Å². The van der Waals surface area contributed by atoms with Crippen molar-refractivity contribution < 1.29 is 14.6 Å². The van der Waals surface area contributed by atoms with Gasteiger partial charge in [0.25, 0.3) is 0 Å². The Morgan fingerprint density at radius 1 is 1.33 bits per heavy atom. The maximum Gasteiger partial charge on any atom is 0.183 e. The van der Waals surface area contributed by atoms with Crippen LogP contribution >= 0.6 is 23.1 Å². The smallest absolute Gasteiger partial charge is 0.183 e. The lowest BCUT2D eigenvalue weighted by molar-refractivity contribution is -0.0247. The predicted octanol–water partition coefficient (Wildman–Crippen LogP) is 3.90.